The minimum atomic E-state index is -1.40. The average Bonchev–Trinajstić information content (AvgIpc) is 2.93. The van der Waals surface area contributed by atoms with Gasteiger partial charge in [0.1, 0.15) is 17.6 Å². The fraction of sp³-hybridized carbons (Fsp3) is 0.154. The lowest BCUT2D eigenvalue weighted by Crippen LogP contribution is -2.41. The minimum absolute atomic E-state index is 0.0358. The molecule has 0 saturated carbocycles. The Morgan fingerprint density at radius 1 is 1.19 bits per heavy atom. The molecule has 8 heteroatoms. The van der Waals surface area contributed by atoms with Crippen LogP contribution in [0.5, 0.6) is 0 Å². The van der Waals surface area contributed by atoms with Crippen LogP contribution in [-0.4, -0.2) is 35.3 Å². The molecule has 0 aliphatic heterocycles. The number of H-pyrrole nitrogens is 1. The van der Waals surface area contributed by atoms with Crippen molar-refractivity contribution in [2.24, 2.45) is 0 Å². The standard InChI is InChI=1S/C13H13FN4O3/c14-9-3-1-8(2-4-9)10-7-17-18-11(10)12(19)15-5-6-16-13(20)21/h1-4,7,16H,5-6H2,(H,15,19)(H,17,18)(H,20,21)/p-1. The Kier molecular flexibility index (Phi) is 4.50. The van der Waals surface area contributed by atoms with E-state index in [1.54, 1.807) is 0 Å². The number of hydrogen-bond donors (Lipinski definition) is 3. The Balaban J connectivity index is 2.04. The number of carboxylic acid groups (broad SMARTS) is 1. The number of carbonyl (C=O) groups is 2. The molecule has 7 nitrogen and oxygen atoms in total. The summed E-state index contributed by atoms with van der Waals surface area (Å²) in [6.07, 6.45) is 0.0551. The maximum absolute atomic E-state index is 12.9. The fourth-order valence-corrected chi connectivity index (χ4v) is 1.74. The number of halogens is 1. The van der Waals surface area contributed by atoms with Crippen LogP contribution in [0.2, 0.25) is 0 Å². The van der Waals surface area contributed by atoms with Gasteiger partial charge in [-0.1, -0.05) is 12.1 Å². The molecule has 2 aromatic rings. The van der Waals surface area contributed by atoms with Gasteiger partial charge in [-0.25, -0.2) is 4.39 Å². The number of aromatic nitrogens is 2. The largest absolute Gasteiger partial charge is 0.530 e. The van der Waals surface area contributed by atoms with E-state index in [0.717, 1.165) is 0 Å². The molecule has 0 spiro atoms. The number of hydrogen-bond acceptors (Lipinski definition) is 4. The first-order valence-corrected chi connectivity index (χ1v) is 6.10. The van der Waals surface area contributed by atoms with E-state index in [1.165, 1.54) is 30.5 Å². The molecule has 0 unspecified atom stereocenters. The molecule has 2 rings (SSSR count). The summed E-state index contributed by atoms with van der Waals surface area (Å²) in [5.41, 5.74) is 1.39. The third kappa shape index (κ3) is 3.78. The van der Waals surface area contributed by atoms with Crippen molar-refractivity contribution in [3.05, 3.63) is 42.0 Å². The number of nitrogens with one attached hydrogen (secondary N) is 3. The van der Waals surface area contributed by atoms with Gasteiger partial charge in [0.2, 0.25) is 0 Å². The average molecular weight is 291 g/mol. The molecule has 1 aromatic carbocycles. The second-order valence-electron chi connectivity index (χ2n) is 4.14. The van der Waals surface area contributed by atoms with E-state index in [0.29, 0.717) is 11.1 Å². The van der Waals surface area contributed by atoms with E-state index >= 15 is 0 Å². The zero-order valence-electron chi connectivity index (χ0n) is 10.9. The first-order chi connectivity index (χ1) is 10.1. The van der Waals surface area contributed by atoms with Crippen molar-refractivity contribution in [1.82, 2.24) is 20.8 Å². The Morgan fingerprint density at radius 3 is 2.52 bits per heavy atom. The topological polar surface area (TPSA) is 110 Å². The first kappa shape index (κ1) is 14.5. The summed E-state index contributed by atoms with van der Waals surface area (Å²) in [6, 6.07) is 5.64. The van der Waals surface area contributed by atoms with E-state index in [1.807, 2.05) is 5.32 Å². The van der Waals surface area contributed by atoms with Crippen LogP contribution in [0.1, 0.15) is 10.5 Å². The summed E-state index contributed by atoms with van der Waals surface area (Å²) < 4.78 is 12.9. The number of rotatable bonds is 5. The second kappa shape index (κ2) is 6.51. The van der Waals surface area contributed by atoms with Gasteiger partial charge in [-0.3, -0.25) is 9.89 Å². The molecule has 3 N–H and O–H groups in total. The van der Waals surface area contributed by atoms with Gasteiger partial charge in [0.05, 0.1) is 6.20 Å². The predicted octanol–water partition coefficient (Wildman–Crippen LogP) is -0.122. The molecule has 1 aromatic heterocycles. The highest BCUT2D eigenvalue weighted by Crippen LogP contribution is 2.22. The zero-order valence-corrected chi connectivity index (χ0v) is 10.9. The molecule has 21 heavy (non-hydrogen) atoms. The fourth-order valence-electron chi connectivity index (χ4n) is 1.74. The number of aromatic amines is 1. The van der Waals surface area contributed by atoms with Crippen LogP contribution in [0, 0.1) is 5.82 Å². The maximum atomic E-state index is 12.9. The van der Waals surface area contributed by atoms with Crippen molar-refractivity contribution in [3.63, 3.8) is 0 Å². The van der Waals surface area contributed by atoms with Crippen molar-refractivity contribution in [3.8, 4) is 11.1 Å². The summed E-state index contributed by atoms with van der Waals surface area (Å²) in [5, 5.41) is 21.1. The Morgan fingerprint density at radius 2 is 1.86 bits per heavy atom. The lowest BCUT2D eigenvalue weighted by atomic mass is 10.1. The van der Waals surface area contributed by atoms with Gasteiger partial charge in [0, 0.05) is 18.7 Å². The van der Waals surface area contributed by atoms with Gasteiger partial charge in [-0.05, 0) is 17.7 Å². The summed E-state index contributed by atoms with van der Waals surface area (Å²) in [6.45, 7) is 0.142. The van der Waals surface area contributed by atoms with E-state index in [-0.39, 0.29) is 24.6 Å². The van der Waals surface area contributed by atoms with Crippen molar-refractivity contribution in [1.29, 1.82) is 0 Å². The van der Waals surface area contributed by atoms with Crippen LogP contribution in [-0.2, 0) is 0 Å². The highest BCUT2D eigenvalue weighted by molar-refractivity contribution is 5.98. The van der Waals surface area contributed by atoms with Gasteiger partial charge in [0.15, 0.2) is 0 Å². The zero-order chi connectivity index (χ0) is 15.2. The van der Waals surface area contributed by atoms with Gasteiger partial charge >= 0.3 is 0 Å². The highest BCUT2D eigenvalue weighted by atomic mass is 19.1. The van der Waals surface area contributed by atoms with Crippen LogP contribution in [0.4, 0.5) is 9.18 Å². The van der Waals surface area contributed by atoms with E-state index in [2.05, 4.69) is 15.5 Å². The molecule has 0 saturated heterocycles. The predicted molar refractivity (Wildman–Crippen MR) is 69.7 cm³/mol. The highest BCUT2D eigenvalue weighted by Gasteiger charge is 2.14. The summed E-state index contributed by atoms with van der Waals surface area (Å²) >= 11 is 0. The number of nitrogens with zero attached hydrogens (tertiary/aromatic N) is 1. The summed E-state index contributed by atoms with van der Waals surface area (Å²) in [5.74, 6) is -0.812. The SMILES string of the molecule is O=C([O-])NCCNC(=O)c1[nH]ncc1-c1ccc(F)cc1. The van der Waals surface area contributed by atoms with Crippen LogP contribution in [0.25, 0.3) is 11.1 Å². The molecular formula is C13H12FN4O3-. The monoisotopic (exact) mass is 291 g/mol. The van der Waals surface area contributed by atoms with Crippen LogP contribution < -0.4 is 15.7 Å². The van der Waals surface area contributed by atoms with E-state index in [9.17, 15) is 19.1 Å². The Bertz CT molecular complexity index is 639. The number of carbonyl (C=O) groups excluding carboxylic acids is 2. The Labute approximate surface area is 119 Å². The molecule has 0 atom stereocenters. The molecule has 0 aliphatic carbocycles. The molecule has 0 bridgehead atoms. The summed E-state index contributed by atoms with van der Waals surface area (Å²) in [4.78, 5) is 22.1. The van der Waals surface area contributed by atoms with Crippen molar-refractivity contribution < 1.29 is 19.1 Å². The first-order valence-electron chi connectivity index (χ1n) is 6.10. The van der Waals surface area contributed by atoms with Gasteiger partial charge in [-0.15, -0.1) is 0 Å². The normalized spacial score (nSPS) is 10.1. The Hall–Kier alpha value is -2.90. The van der Waals surface area contributed by atoms with E-state index < -0.39 is 12.0 Å². The van der Waals surface area contributed by atoms with Crippen molar-refractivity contribution >= 4 is 12.0 Å². The molecule has 110 valence electrons. The van der Waals surface area contributed by atoms with Crippen molar-refractivity contribution in [2.75, 3.05) is 13.1 Å². The van der Waals surface area contributed by atoms with Gasteiger partial charge in [-0.2, -0.15) is 5.10 Å². The maximum Gasteiger partial charge on any atom is 0.269 e. The molecule has 0 radical (unpaired) electrons. The molecule has 0 aliphatic rings. The minimum Gasteiger partial charge on any atom is -0.530 e. The van der Waals surface area contributed by atoms with Gasteiger partial charge < -0.3 is 20.5 Å². The number of amides is 2. The lowest BCUT2D eigenvalue weighted by Gasteiger charge is -2.08. The molecule has 2 amide bonds. The summed E-state index contributed by atoms with van der Waals surface area (Å²) in [7, 11) is 0. The third-order valence-corrected chi connectivity index (χ3v) is 2.70. The smallest absolute Gasteiger partial charge is 0.269 e. The van der Waals surface area contributed by atoms with Crippen LogP contribution in [0.15, 0.2) is 30.5 Å². The second-order valence-corrected chi connectivity index (χ2v) is 4.14. The van der Waals surface area contributed by atoms with E-state index in [4.69, 9.17) is 0 Å². The third-order valence-electron chi connectivity index (χ3n) is 2.70. The molecular weight excluding hydrogens is 279 g/mol. The van der Waals surface area contributed by atoms with Gasteiger partial charge in [0.25, 0.3) is 5.91 Å². The van der Waals surface area contributed by atoms with Crippen LogP contribution >= 0.6 is 0 Å². The quantitative estimate of drug-likeness (QED) is 0.667. The molecule has 0 fully saturated rings. The molecule has 1 heterocycles. The number of benzene rings is 1. The van der Waals surface area contributed by atoms with Crippen LogP contribution in [0.3, 0.4) is 0 Å². The van der Waals surface area contributed by atoms with Crippen molar-refractivity contribution in [2.45, 2.75) is 0 Å². The lowest BCUT2D eigenvalue weighted by molar-refractivity contribution is -0.250.